The second-order valence-electron chi connectivity index (χ2n) is 5.80. The van der Waals surface area contributed by atoms with E-state index in [1.54, 1.807) is 11.3 Å². The molecule has 2 aromatic heterocycles. The average molecular weight is 315 g/mol. The summed E-state index contributed by atoms with van der Waals surface area (Å²) >= 11 is 1.59. The van der Waals surface area contributed by atoms with Crippen molar-refractivity contribution in [3.05, 3.63) is 45.2 Å². The molecule has 3 rings (SSSR count). The minimum absolute atomic E-state index is 0.0170. The highest BCUT2D eigenvalue weighted by Gasteiger charge is 2.26. The number of aromatic nitrogens is 2. The summed E-state index contributed by atoms with van der Waals surface area (Å²) in [6.07, 6.45) is 7.95. The molecule has 1 N–H and O–H groups in total. The van der Waals surface area contributed by atoms with Crippen LogP contribution >= 0.6 is 11.3 Å². The second-order valence-corrected chi connectivity index (χ2v) is 6.94. The molecule has 0 unspecified atom stereocenters. The molecule has 2 aromatic rings. The van der Waals surface area contributed by atoms with Gasteiger partial charge in [0, 0.05) is 29.7 Å². The number of hydrogen-bond acceptors (Lipinski definition) is 4. The minimum Gasteiger partial charge on any atom is -0.351 e. The Kier molecular flexibility index (Phi) is 4.52. The molecule has 0 spiro atoms. The van der Waals surface area contributed by atoms with Gasteiger partial charge in [0.25, 0.3) is 5.91 Å². The summed E-state index contributed by atoms with van der Waals surface area (Å²) in [7, 11) is 0. The molecular formula is C17H21N3OS. The van der Waals surface area contributed by atoms with Gasteiger partial charge in [-0.15, -0.1) is 11.3 Å². The molecule has 116 valence electrons. The van der Waals surface area contributed by atoms with Crippen molar-refractivity contribution in [1.29, 1.82) is 0 Å². The Morgan fingerprint density at radius 2 is 2.09 bits per heavy atom. The molecule has 1 aliphatic rings. The van der Waals surface area contributed by atoms with Crippen LogP contribution in [0.1, 0.15) is 57.2 Å². The fourth-order valence-corrected chi connectivity index (χ4v) is 3.47. The predicted octanol–water partition coefficient (Wildman–Crippen LogP) is 3.26. The molecule has 0 saturated heterocycles. The summed E-state index contributed by atoms with van der Waals surface area (Å²) in [6, 6.07) is 1.98. The van der Waals surface area contributed by atoms with Crippen LogP contribution in [0, 0.1) is 6.92 Å². The van der Waals surface area contributed by atoms with E-state index in [1.165, 1.54) is 23.3 Å². The molecule has 0 atom stereocenters. The van der Waals surface area contributed by atoms with Crippen LogP contribution in [0.2, 0.25) is 0 Å². The quantitative estimate of drug-likeness (QED) is 0.890. The third-order valence-corrected chi connectivity index (χ3v) is 5.31. The van der Waals surface area contributed by atoms with Crippen LogP contribution in [0.4, 0.5) is 0 Å². The molecule has 2 heterocycles. The van der Waals surface area contributed by atoms with E-state index in [0.717, 1.165) is 29.1 Å². The zero-order valence-corrected chi connectivity index (χ0v) is 13.9. The Labute approximate surface area is 135 Å². The maximum absolute atomic E-state index is 12.1. The van der Waals surface area contributed by atoms with Gasteiger partial charge in [0.05, 0.1) is 4.88 Å². The van der Waals surface area contributed by atoms with Crippen LogP contribution in [0.5, 0.6) is 0 Å². The first kappa shape index (κ1) is 15.2. The van der Waals surface area contributed by atoms with Gasteiger partial charge in [0.1, 0.15) is 5.82 Å². The lowest BCUT2D eigenvalue weighted by Gasteiger charge is -2.04. The van der Waals surface area contributed by atoms with Crippen LogP contribution in [-0.4, -0.2) is 22.4 Å². The van der Waals surface area contributed by atoms with E-state index >= 15 is 0 Å². The summed E-state index contributed by atoms with van der Waals surface area (Å²) in [6.45, 7) is 4.79. The maximum atomic E-state index is 12.1. The molecule has 1 saturated carbocycles. The molecular weight excluding hydrogens is 294 g/mol. The van der Waals surface area contributed by atoms with E-state index < -0.39 is 0 Å². The third kappa shape index (κ3) is 3.53. The monoisotopic (exact) mass is 315 g/mol. The lowest BCUT2D eigenvalue weighted by molar-refractivity contribution is 0.0958. The van der Waals surface area contributed by atoms with E-state index in [-0.39, 0.29) is 5.91 Å². The zero-order chi connectivity index (χ0) is 15.5. The number of nitrogens with one attached hydrogen (secondary N) is 1. The van der Waals surface area contributed by atoms with Crippen LogP contribution < -0.4 is 5.32 Å². The number of aryl methyl sites for hydroxylation is 2. The summed E-state index contributed by atoms with van der Waals surface area (Å²) in [5.41, 5.74) is 2.28. The number of nitrogens with zero attached hydrogens (tertiary/aromatic N) is 2. The standard InChI is InChI=1S/C17H21N3OS/c1-3-14-11(2)8-15(22-14)17(21)18-7-6-12-9-19-16(20-10-12)13-4-5-13/h8-10,13H,3-7H2,1-2H3,(H,18,21). The van der Waals surface area contributed by atoms with Crippen molar-refractivity contribution in [2.24, 2.45) is 0 Å². The van der Waals surface area contributed by atoms with Gasteiger partial charge >= 0.3 is 0 Å². The van der Waals surface area contributed by atoms with Crippen molar-refractivity contribution < 1.29 is 4.79 Å². The van der Waals surface area contributed by atoms with E-state index in [1.807, 2.05) is 18.5 Å². The highest BCUT2D eigenvalue weighted by atomic mass is 32.1. The van der Waals surface area contributed by atoms with Crippen LogP contribution in [0.3, 0.4) is 0 Å². The molecule has 5 heteroatoms. The van der Waals surface area contributed by atoms with Crippen LogP contribution in [0.25, 0.3) is 0 Å². The molecule has 0 bridgehead atoms. The number of carbonyl (C=O) groups is 1. The van der Waals surface area contributed by atoms with Gasteiger partial charge in [-0.25, -0.2) is 9.97 Å². The summed E-state index contributed by atoms with van der Waals surface area (Å²) < 4.78 is 0. The molecule has 0 aliphatic heterocycles. The molecule has 4 nitrogen and oxygen atoms in total. The van der Waals surface area contributed by atoms with Crippen molar-refractivity contribution in [3.8, 4) is 0 Å². The lowest BCUT2D eigenvalue weighted by atomic mass is 10.2. The number of hydrogen-bond donors (Lipinski definition) is 1. The van der Waals surface area contributed by atoms with Crippen molar-refractivity contribution in [1.82, 2.24) is 15.3 Å². The highest BCUT2D eigenvalue weighted by Crippen LogP contribution is 2.37. The summed E-state index contributed by atoms with van der Waals surface area (Å²) in [5.74, 6) is 1.57. The molecule has 0 radical (unpaired) electrons. The smallest absolute Gasteiger partial charge is 0.261 e. The average Bonchev–Trinajstić information content (AvgIpc) is 3.30. The van der Waals surface area contributed by atoms with E-state index in [9.17, 15) is 4.79 Å². The van der Waals surface area contributed by atoms with Crippen LogP contribution in [0.15, 0.2) is 18.5 Å². The Balaban J connectivity index is 1.50. The Bertz CT molecular complexity index is 659. The predicted molar refractivity (Wildman–Crippen MR) is 88.5 cm³/mol. The molecule has 1 amide bonds. The molecule has 0 aromatic carbocycles. The first-order chi connectivity index (χ1) is 10.7. The largest absolute Gasteiger partial charge is 0.351 e. The molecule has 1 fully saturated rings. The Morgan fingerprint density at radius 3 is 2.68 bits per heavy atom. The van der Waals surface area contributed by atoms with E-state index in [2.05, 4.69) is 29.1 Å². The highest BCUT2D eigenvalue weighted by molar-refractivity contribution is 7.14. The van der Waals surface area contributed by atoms with Crippen molar-refractivity contribution in [3.63, 3.8) is 0 Å². The summed E-state index contributed by atoms with van der Waals surface area (Å²) in [4.78, 5) is 23.0. The number of rotatable bonds is 6. The molecule has 1 aliphatic carbocycles. The van der Waals surface area contributed by atoms with Gasteiger partial charge < -0.3 is 5.32 Å². The van der Waals surface area contributed by atoms with Gasteiger partial charge in [0.2, 0.25) is 0 Å². The summed E-state index contributed by atoms with van der Waals surface area (Å²) in [5, 5.41) is 2.98. The Morgan fingerprint density at radius 1 is 1.36 bits per heavy atom. The van der Waals surface area contributed by atoms with Gasteiger partial charge in [-0.05, 0) is 49.8 Å². The third-order valence-electron chi connectivity index (χ3n) is 3.93. The number of carbonyl (C=O) groups excluding carboxylic acids is 1. The normalized spacial score (nSPS) is 14.1. The topological polar surface area (TPSA) is 54.9 Å². The Hall–Kier alpha value is -1.75. The van der Waals surface area contributed by atoms with Gasteiger partial charge in [-0.3, -0.25) is 4.79 Å². The fraction of sp³-hybridized carbons (Fsp3) is 0.471. The lowest BCUT2D eigenvalue weighted by Crippen LogP contribution is -2.25. The zero-order valence-electron chi connectivity index (χ0n) is 13.1. The maximum Gasteiger partial charge on any atom is 0.261 e. The SMILES string of the molecule is CCc1sc(C(=O)NCCc2cnc(C3CC3)nc2)cc1C. The first-order valence-corrected chi connectivity index (χ1v) is 8.67. The van der Waals surface area contributed by atoms with E-state index in [0.29, 0.717) is 12.5 Å². The van der Waals surface area contributed by atoms with Crippen LogP contribution in [-0.2, 0) is 12.8 Å². The second kappa shape index (κ2) is 6.57. The first-order valence-electron chi connectivity index (χ1n) is 7.85. The minimum atomic E-state index is 0.0170. The van der Waals surface area contributed by atoms with Crippen molar-refractivity contribution >= 4 is 17.2 Å². The van der Waals surface area contributed by atoms with Crippen molar-refractivity contribution in [2.75, 3.05) is 6.54 Å². The van der Waals surface area contributed by atoms with Gasteiger partial charge in [-0.1, -0.05) is 6.92 Å². The number of thiophene rings is 1. The number of amides is 1. The van der Waals surface area contributed by atoms with Gasteiger partial charge in [-0.2, -0.15) is 0 Å². The molecule has 22 heavy (non-hydrogen) atoms. The van der Waals surface area contributed by atoms with E-state index in [4.69, 9.17) is 0 Å². The fourth-order valence-electron chi connectivity index (χ4n) is 2.44. The van der Waals surface area contributed by atoms with Crippen molar-refractivity contribution in [2.45, 2.75) is 45.4 Å². The van der Waals surface area contributed by atoms with Gasteiger partial charge in [0.15, 0.2) is 0 Å².